The summed E-state index contributed by atoms with van der Waals surface area (Å²) in [6.07, 6.45) is 0. The van der Waals surface area contributed by atoms with Crippen molar-refractivity contribution >= 4 is 11.4 Å². The van der Waals surface area contributed by atoms with E-state index in [0.29, 0.717) is 10.5 Å². The van der Waals surface area contributed by atoms with Crippen LogP contribution in [-0.4, -0.2) is 42.8 Å². The van der Waals surface area contributed by atoms with Crippen LogP contribution in [0.25, 0.3) is 0 Å². The van der Waals surface area contributed by atoms with Crippen molar-refractivity contribution in [2.75, 3.05) is 0 Å². The Labute approximate surface area is 117 Å². The number of oxime groups is 1. The Morgan fingerprint density at radius 2 is 1.80 bits per heavy atom. The highest BCUT2D eigenvalue weighted by molar-refractivity contribution is 6.06. The van der Waals surface area contributed by atoms with Crippen molar-refractivity contribution in [3.63, 3.8) is 0 Å². The molecule has 0 aromatic heterocycles. The second-order valence-corrected chi connectivity index (χ2v) is 5.59. The topological polar surface area (TPSA) is 82.1 Å². The summed E-state index contributed by atoms with van der Waals surface area (Å²) in [6.45, 7) is 6.51. The van der Waals surface area contributed by atoms with Gasteiger partial charge in [0.05, 0.1) is 0 Å². The molecule has 6 nitrogen and oxygen atoms in total. The average molecular weight is 277 g/mol. The van der Waals surface area contributed by atoms with Gasteiger partial charge >= 0.3 is 0 Å². The van der Waals surface area contributed by atoms with E-state index >= 15 is 0 Å². The molecule has 0 amide bonds. The molecule has 20 heavy (non-hydrogen) atoms. The molecule has 0 aliphatic carbocycles. The smallest absolute Gasteiger partial charge is 0.290 e. The van der Waals surface area contributed by atoms with E-state index in [4.69, 9.17) is 5.21 Å². The van der Waals surface area contributed by atoms with Crippen LogP contribution in [0.15, 0.2) is 35.5 Å². The molecule has 1 aliphatic rings. The van der Waals surface area contributed by atoms with Crippen LogP contribution >= 0.6 is 0 Å². The maximum Gasteiger partial charge on any atom is 0.290 e. The van der Waals surface area contributed by atoms with Crippen molar-refractivity contribution in [2.24, 2.45) is 5.16 Å². The monoisotopic (exact) mass is 277 g/mol. The molecule has 1 aromatic carbocycles. The molecule has 1 atom stereocenters. The van der Waals surface area contributed by atoms with Crippen LogP contribution in [-0.2, 0) is 0 Å². The second-order valence-electron chi connectivity index (χ2n) is 5.59. The van der Waals surface area contributed by atoms with Gasteiger partial charge in [0.15, 0.2) is 0 Å². The molecule has 2 rings (SSSR count). The minimum atomic E-state index is -1.44. The van der Waals surface area contributed by atoms with E-state index in [1.165, 1.54) is 13.8 Å². The fourth-order valence-electron chi connectivity index (χ4n) is 2.66. The lowest BCUT2D eigenvalue weighted by molar-refractivity contribution is -0.560. The van der Waals surface area contributed by atoms with Crippen molar-refractivity contribution < 1.29 is 15.2 Å². The fourth-order valence-corrected chi connectivity index (χ4v) is 2.66. The average Bonchev–Trinajstić information content (AvgIpc) is 2.58. The number of hydrogen-bond donors (Lipinski definition) is 2. The van der Waals surface area contributed by atoms with Gasteiger partial charge in [-0.1, -0.05) is 23.4 Å². The lowest BCUT2D eigenvalue weighted by atomic mass is 9.92. The van der Waals surface area contributed by atoms with Crippen molar-refractivity contribution in [2.45, 2.75) is 38.9 Å². The normalized spacial score (nSPS) is 27.1. The SMILES string of the molecule is C/C(=N/O)[C@@]1(C)N(O)C(C)(C)C(c2ccccc2)=[N+]1[O-]. The third-order valence-electron chi connectivity index (χ3n) is 4.00. The van der Waals surface area contributed by atoms with Crippen LogP contribution < -0.4 is 0 Å². The number of benzene rings is 1. The van der Waals surface area contributed by atoms with Gasteiger partial charge in [0, 0.05) is 12.5 Å². The minimum Gasteiger partial charge on any atom is -0.622 e. The van der Waals surface area contributed by atoms with Crippen LogP contribution in [0.4, 0.5) is 0 Å². The quantitative estimate of drug-likeness (QED) is 0.285. The lowest BCUT2D eigenvalue weighted by Gasteiger charge is -2.32. The van der Waals surface area contributed by atoms with Crippen LogP contribution in [0.1, 0.15) is 33.3 Å². The van der Waals surface area contributed by atoms with Crippen molar-refractivity contribution in [1.29, 1.82) is 0 Å². The highest BCUT2D eigenvalue weighted by Crippen LogP contribution is 2.35. The Balaban J connectivity index is 2.71. The van der Waals surface area contributed by atoms with Crippen LogP contribution in [0.2, 0.25) is 0 Å². The molecule has 1 heterocycles. The molecule has 1 aliphatic heterocycles. The van der Waals surface area contributed by atoms with Gasteiger partial charge in [-0.25, -0.2) is 0 Å². The molecular formula is C14H19N3O3. The molecule has 0 radical (unpaired) electrons. The largest absolute Gasteiger partial charge is 0.622 e. The van der Waals surface area contributed by atoms with Gasteiger partial charge in [-0.2, -0.15) is 4.74 Å². The van der Waals surface area contributed by atoms with Crippen LogP contribution in [0.5, 0.6) is 0 Å². The zero-order valence-electron chi connectivity index (χ0n) is 12.0. The molecule has 0 fully saturated rings. The first-order valence-corrected chi connectivity index (χ1v) is 6.36. The van der Waals surface area contributed by atoms with E-state index in [-0.39, 0.29) is 5.71 Å². The van der Waals surface area contributed by atoms with E-state index < -0.39 is 11.2 Å². The second kappa shape index (κ2) is 4.57. The molecule has 6 heteroatoms. The Hall–Kier alpha value is -1.92. The highest BCUT2D eigenvalue weighted by Gasteiger charge is 2.61. The zero-order chi connectivity index (χ0) is 15.1. The highest BCUT2D eigenvalue weighted by atomic mass is 16.6. The summed E-state index contributed by atoms with van der Waals surface area (Å²) in [5, 5.41) is 36.2. The summed E-state index contributed by atoms with van der Waals surface area (Å²) < 4.78 is 0.706. The maximum absolute atomic E-state index is 12.7. The molecule has 108 valence electrons. The Kier molecular flexibility index (Phi) is 3.31. The Bertz CT molecular complexity index is 581. The molecule has 0 saturated carbocycles. The van der Waals surface area contributed by atoms with Gasteiger partial charge in [0.1, 0.15) is 11.3 Å². The molecule has 1 aromatic rings. The molecular weight excluding hydrogens is 258 g/mol. The van der Waals surface area contributed by atoms with Crippen LogP contribution in [0, 0.1) is 5.21 Å². The van der Waals surface area contributed by atoms with Crippen molar-refractivity contribution in [3.8, 4) is 0 Å². The van der Waals surface area contributed by atoms with Crippen molar-refractivity contribution in [1.82, 2.24) is 5.06 Å². The minimum absolute atomic E-state index is 0.119. The van der Waals surface area contributed by atoms with Crippen LogP contribution in [0.3, 0.4) is 0 Å². The van der Waals surface area contributed by atoms with E-state index in [0.717, 1.165) is 10.6 Å². The predicted molar refractivity (Wildman–Crippen MR) is 75.2 cm³/mol. The van der Waals surface area contributed by atoms with Gasteiger partial charge in [-0.3, -0.25) is 0 Å². The molecule has 0 saturated heterocycles. The first kappa shape index (κ1) is 14.5. The Morgan fingerprint density at radius 3 is 2.30 bits per heavy atom. The molecule has 0 unspecified atom stereocenters. The first-order valence-electron chi connectivity index (χ1n) is 6.36. The van der Waals surface area contributed by atoms with Gasteiger partial charge in [-0.05, 0) is 32.9 Å². The number of rotatable bonds is 2. The van der Waals surface area contributed by atoms with Gasteiger partial charge < -0.3 is 15.6 Å². The molecule has 0 bridgehead atoms. The first-order chi connectivity index (χ1) is 9.27. The third kappa shape index (κ3) is 1.72. The van der Waals surface area contributed by atoms with Gasteiger partial charge in [0.25, 0.3) is 5.66 Å². The van der Waals surface area contributed by atoms with E-state index in [1.807, 2.05) is 30.3 Å². The number of hydrogen-bond acceptors (Lipinski definition) is 5. The molecule has 0 spiro atoms. The maximum atomic E-state index is 12.7. The summed E-state index contributed by atoms with van der Waals surface area (Å²) >= 11 is 0. The zero-order valence-corrected chi connectivity index (χ0v) is 12.0. The predicted octanol–water partition coefficient (Wildman–Crippen LogP) is 2.04. The summed E-state index contributed by atoms with van der Waals surface area (Å²) in [7, 11) is 0. The fraction of sp³-hybridized carbons (Fsp3) is 0.429. The van der Waals surface area contributed by atoms with E-state index in [2.05, 4.69) is 5.16 Å². The van der Waals surface area contributed by atoms with Gasteiger partial charge in [-0.15, -0.1) is 5.06 Å². The van der Waals surface area contributed by atoms with E-state index in [9.17, 15) is 10.4 Å². The standard InChI is InChI=1S/C14H19N3O3/c1-10(15-18)14(4)16(19)12(13(2,3)17(14)20)11-8-6-5-7-9-11/h5-9,18,20H,1-4H3/b15-10-/t14-/m1/s1. The number of nitrogens with zero attached hydrogens (tertiary/aromatic N) is 3. The summed E-state index contributed by atoms with van der Waals surface area (Å²) in [5.41, 5.74) is -1.09. The molecule has 2 N–H and O–H groups in total. The Morgan fingerprint density at radius 1 is 1.25 bits per heavy atom. The summed E-state index contributed by atoms with van der Waals surface area (Å²) in [6, 6.07) is 9.14. The number of hydroxylamine groups is 3. The summed E-state index contributed by atoms with van der Waals surface area (Å²) in [5.74, 6) is 0. The van der Waals surface area contributed by atoms with Crippen molar-refractivity contribution in [3.05, 3.63) is 41.1 Å². The van der Waals surface area contributed by atoms with Gasteiger partial charge in [0.2, 0.25) is 5.71 Å². The third-order valence-corrected chi connectivity index (χ3v) is 4.00. The lowest BCUT2D eigenvalue weighted by Crippen LogP contribution is -2.57. The van der Waals surface area contributed by atoms with E-state index in [1.54, 1.807) is 13.8 Å². The summed E-state index contributed by atoms with van der Waals surface area (Å²) in [4.78, 5) is 0.